The van der Waals surface area contributed by atoms with Crippen molar-refractivity contribution < 1.29 is 63.4 Å². The molecule has 0 aromatic heterocycles. The van der Waals surface area contributed by atoms with Gasteiger partial charge in [-0.25, -0.2) is 0 Å². The summed E-state index contributed by atoms with van der Waals surface area (Å²) < 4.78 is 60.8. The lowest BCUT2D eigenvalue weighted by molar-refractivity contribution is 0.0972. The Morgan fingerprint density at radius 2 is 0.426 bits per heavy atom. The molecule has 5 aliphatic rings. The molecule has 8 bridgehead atoms. The maximum Gasteiger partial charge on any atom is 0.231 e. The van der Waals surface area contributed by atoms with E-state index in [4.69, 9.17) is 43.0 Å². The highest BCUT2D eigenvalue weighted by atomic mass is 79.9. The van der Waals surface area contributed by atoms with Gasteiger partial charge in [-0.3, -0.25) is 0 Å². The first kappa shape index (κ1) is 124. The molecule has 1 aliphatic carbocycles. The summed E-state index contributed by atoms with van der Waals surface area (Å²) in [6.07, 6.45) is 17.5. The van der Waals surface area contributed by atoms with Crippen LogP contribution in [0.25, 0.3) is 0 Å². The minimum Gasteiger partial charge on any atom is -0.456 e. The van der Waals surface area contributed by atoms with Crippen molar-refractivity contribution in [1.82, 2.24) is 0 Å². The average molecular weight is 2140 g/mol. The smallest absolute Gasteiger partial charge is 0.231 e. The van der Waals surface area contributed by atoms with Crippen LogP contribution in [-0.2, 0) is 0 Å². The molecular weight excluding hydrogens is 1970 g/mol. The van der Waals surface area contributed by atoms with Gasteiger partial charge in [0.25, 0.3) is 0 Å². The average Bonchev–Trinajstić information content (AvgIpc) is 0.716. The van der Waals surface area contributed by atoms with E-state index in [1.807, 2.05) is 13.8 Å². The maximum atomic E-state index is 11.2. The van der Waals surface area contributed by atoms with Crippen LogP contribution in [0.4, 0.5) is 0 Å². The topological polar surface area (TPSA) is 175 Å². The highest BCUT2D eigenvalue weighted by molar-refractivity contribution is 9.12. The van der Waals surface area contributed by atoms with E-state index in [1.165, 1.54) is 0 Å². The fraction of sp³-hybridized carbons (Fsp3) is 0.609. The van der Waals surface area contributed by atoms with Gasteiger partial charge in [-0.2, -0.15) is 0 Å². The van der Waals surface area contributed by atoms with Crippen LogP contribution < -0.4 is 37.9 Å². The molecule has 4 aromatic carbocycles. The Balaban J connectivity index is 0.00000319. The maximum absolute atomic E-state index is 11.2. The Morgan fingerprint density at radius 1 is 0.270 bits per heavy atom. The van der Waals surface area contributed by atoms with Crippen LogP contribution in [0.5, 0.6) is 46.0 Å². The lowest BCUT2D eigenvalue weighted by Crippen LogP contribution is -2.29. The van der Waals surface area contributed by atoms with Crippen molar-refractivity contribution in [3.63, 3.8) is 0 Å². The quantitative estimate of drug-likeness (QED) is 0.0218. The summed E-state index contributed by atoms with van der Waals surface area (Å²) in [5.74, 6) is 59.0. The summed E-state index contributed by atoms with van der Waals surface area (Å²) in [5.41, 5.74) is 20.4. The molecule has 148 heavy (non-hydrogen) atoms. The molecule has 5 N–H and O–H groups in total. The van der Waals surface area contributed by atoms with Crippen molar-refractivity contribution >= 4 is 31.9 Å². The minimum absolute atomic E-state index is 0.152. The molecular formula is C133H178Br2O13. The molecule has 0 fully saturated rings. The van der Waals surface area contributed by atoms with Gasteiger partial charge < -0.3 is 63.4 Å². The molecule has 0 saturated carbocycles. The zero-order chi connectivity index (χ0) is 111. The van der Waals surface area contributed by atoms with Crippen LogP contribution in [0.15, 0.2) is 91.8 Å². The van der Waals surface area contributed by atoms with Gasteiger partial charge >= 0.3 is 0 Å². The third kappa shape index (κ3) is 35.1. The van der Waals surface area contributed by atoms with Crippen LogP contribution in [0.3, 0.4) is 0 Å². The number of rotatable bonds is 22. The van der Waals surface area contributed by atoms with Gasteiger partial charge in [0.15, 0.2) is 0 Å². The molecule has 15 heteroatoms. The first-order valence-corrected chi connectivity index (χ1v) is 56.1. The van der Waals surface area contributed by atoms with Gasteiger partial charge in [0, 0.05) is 116 Å². The van der Waals surface area contributed by atoms with E-state index >= 15 is 0 Å². The highest BCUT2D eigenvalue weighted by Crippen LogP contribution is 2.60. The zero-order valence-electron chi connectivity index (χ0n) is 97.6. The van der Waals surface area contributed by atoms with Gasteiger partial charge in [-0.15, -0.1) is 0 Å². The normalized spacial score (nSPS) is 16.1. The van der Waals surface area contributed by atoms with Crippen LogP contribution >= 0.6 is 31.9 Å². The lowest BCUT2D eigenvalue weighted by Gasteiger charge is -2.36. The Bertz CT molecular complexity index is 5440. The monoisotopic (exact) mass is 2140 g/mol. The second-order valence-electron chi connectivity index (χ2n) is 51.4. The van der Waals surface area contributed by atoms with Crippen molar-refractivity contribution in [2.24, 2.45) is 43.3 Å². The third-order valence-corrected chi connectivity index (χ3v) is 29.1. The molecule has 0 radical (unpaired) electrons. The summed E-state index contributed by atoms with van der Waals surface area (Å²) in [7, 11) is 0. The van der Waals surface area contributed by atoms with Crippen LogP contribution in [0, 0.1) is 138 Å². The molecule has 0 unspecified atom stereocenters. The fourth-order valence-corrected chi connectivity index (χ4v) is 17.5. The standard InChI is InChI=1S/C128H168O12.C5H10Br2O/c1-37-41-45-49-53-93-101-77-103-94(54-50-46-42-38-2)105-79-107-96(56-52-48-44-40-4)108-80-106-95(55-51-47-43-39-3)104-78-102(93)110-98(62-58-86(118(8,9)10)74-90(122(20,21)22)66-70-126(31,32)130)112(104)136-83-138-114(106)100(64-60-88(120(14,15)16)76-92(124(26,27)28)68-72-128(35,36)132)116(108)140-84-139-115(107)99(63-59-87(119(11,12)13)75-91(123(23,24)25)67-71-127(33,34)131)113(105)137-82-135-111(103)97(109(101)133-81-134-110)61-57-85(117(5,6)7)73-89(121(17,18)19)65-69-125(29,30)129;1-4(6)5(2,7)3-8/h77-80,93-96,129-132H,37-56,81-84H2,1-36H3;4,8H,3H2,1-2H3/t;4-,5+/m.0/s1. The molecule has 0 spiro atoms. The first-order chi connectivity index (χ1) is 68.4. The molecule has 4 aromatic rings. The Kier molecular flexibility index (Phi) is 42.6. The molecule has 2 atom stereocenters. The van der Waals surface area contributed by atoms with Crippen molar-refractivity contribution in [2.45, 2.75) is 447 Å². The third-order valence-electron chi connectivity index (χ3n) is 26.5. The second kappa shape index (κ2) is 50.9. The molecule has 802 valence electrons. The van der Waals surface area contributed by atoms with E-state index in [1.54, 1.807) is 55.4 Å². The number of unbranched alkanes of at least 4 members (excludes halogenated alkanes) is 12. The highest BCUT2D eigenvalue weighted by Gasteiger charge is 2.44. The number of allylic oxidation sites excluding steroid dienone is 4. The minimum atomic E-state index is -1.29. The fourth-order valence-electron chi connectivity index (χ4n) is 17.4. The SMILES string of the molecule is CCCCCCC1c2cc3c4c(C#CC(=C=C(C#CC(C)(C)O)C(C)(C)C)C(C)(C)C)c2OCOc2c1cc1c(c2C#CC(=C=C(C#CC(C)(C)O)C(C)(C)C)C(C)(C)C)OCOc2c(cc5c(c2C#CC(=C=C(C#CC(C)(C)O)C(C)(C)C)C(C)(C)C)OCOc2c(cc(c(c2C#CC(=C=C(C#CC(C)(C)O)C(C)(C)C)C(C)(C)C)OCO4)C3CCCCCC)C5CCCCCC)C1CCCCCC.C[C@H](Br)[C@](C)(Br)CO. The summed E-state index contributed by atoms with van der Waals surface area (Å²) in [6, 6.07) is 9.61. The number of ether oxygens (including phenoxy) is 8. The summed E-state index contributed by atoms with van der Waals surface area (Å²) >= 11 is 6.70. The van der Waals surface area contributed by atoms with E-state index in [2.05, 4.69) is 368 Å². The van der Waals surface area contributed by atoms with E-state index in [9.17, 15) is 20.4 Å². The van der Waals surface area contributed by atoms with E-state index in [0.717, 1.165) is 147 Å². The van der Waals surface area contributed by atoms with Crippen molar-refractivity contribution in [3.05, 3.63) is 159 Å². The predicted molar refractivity (Wildman–Crippen MR) is 617 cm³/mol. The summed E-state index contributed by atoms with van der Waals surface area (Å²) in [4.78, 5) is 0.292. The van der Waals surface area contributed by atoms with E-state index < -0.39 is 89.4 Å². The van der Waals surface area contributed by atoms with Crippen molar-refractivity contribution in [2.75, 3.05) is 33.8 Å². The number of halogens is 2. The number of hydrogen-bond donors (Lipinski definition) is 5. The molecule has 9 rings (SSSR count). The van der Waals surface area contributed by atoms with E-state index in [-0.39, 0.29) is 38.1 Å². The van der Waals surface area contributed by atoms with Crippen LogP contribution in [-0.4, -0.2) is 90.9 Å². The molecule has 0 amide bonds. The number of aliphatic hydroxyl groups is 5. The molecule has 4 aliphatic heterocycles. The largest absolute Gasteiger partial charge is 0.456 e. The van der Waals surface area contributed by atoms with Crippen LogP contribution in [0.1, 0.15) is 482 Å². The molecule has 0 saturated heterocycles. The van der Waals surface area contributed by atoms with Gasteiger partial charge in [-0.1, -0.05) is 453 Å². The first-order valence-electron chi connectivity index (χ1n) is 54.4. The zero-order valence-corrected chi connectivity index (χ0v) is 101. The Hall–Kier alpha value is -9.40. The number of alkyl halides is 2. The number of hydrogen-bond acceptors (Lipinski definition) is 13. The van der Waals surface area contributed by atoms with Gasteiger partial charge in [0.1, 0.15) is 90.7 Å². The van der Waals surface area contributed by atoms with Gasteiger partial charge in [-0.05, 0) is 112 Å². The Labute approximate surface area is 911 Å². The van der Waals surface area contributed by atoms with Gasteiger partial charge in [0.2, 0.25) is 27.2 Å². The number of benzene rings is 4. The van der Waals surface area contributed by atoms with Gasteiger partial charge in [0.05, 0.1) is 55.5 Å². The van der Waals surface area contributed by atoms with Crippen molar-refractivity contribution in [3.8, 4) is 141 Å². The Morgan fingerprint density at radius 3 is 0.547 bits per heavy atom. The van der Waals surface area contributed by atoms with Crippen LogP contribution in [0.2, 0.25) is 0 Å². The number of aliphatic hydroxyl groups excluding tert-OH is 1. The molecule has 4 heterocycles. The van der Waals surface area contributed by atoms with Crippen molar-refractivity contribution in [1.29, 1.82) is 0 Å². The lowest BCUT2D eigenvalue weighted by atomic mass is 9.74. The molecule has 13 nitrogen and oxygen atoms in total. The summed E-state index contributed by atoms with van der Waals surface area (Å²) in [6.45, 7) is 76.6. The predicted octanol–water partition coefficient (Wildman–Crippen LogP) is 31.9. The van der Waals surface area contributed by atoms with E-state index in [0.29, 0.717) is 143 Å². The summed E-state index contributed by atoms with van der Waals surface area (Å²) in [5, 5.41) is 53.7. The second-order valence-corrected chi connectivity index (χ2v) is 54.6.